The molecule has 1 aromatic carbocycles. The van der Waals surface area contributed by atoms with Gasteiger partial charge in [-0.3, -0.25) is 0 Å². The van der Waals surface area contributed by atoms with Gasteiger partial charge in [-0.05, 0) is 31.4 Å². The molecule has 0 spiro atoms. The van der Waals surface area contributed by atoms with Crippen LogP contribution in [0.2, 0.25) is 0 Å². The second kappa shape index (κ2) is 4.08. The second-order valence-corrected chi connectivity index (χ2v) is 4.09. The molecule has 3 heteroatoms. The van der Waals surface area contributed by atoms with Gasteiger partial charge < -0.3 is 4.90 Å². The number of hydrogen-bond acceptors (Lipinski definition) is 3. The van der Waals surface area contributed by atoms with Crippen molar-refractivity contribution in [2.75, 3.05) is 18.0 Å². The Morgan fingerprint density at radius 3 is 2.88 bits per heavy atom. The van der Waals surface area contributed by atoms with Gasteiger partial charge in [0.15, 0.2) is 0 Å². The van der Waals surface area contributed by atoms with E-state index in [1.165, 1.54) is 18.5 Å². The van der Waals surface area contributed by atoms with Gasteiger partial charge in [0.1, 0.15) is 6.33 Å². The summed E-state index contributed by atoms with van der Waals surface area (Å²) in [6, 6.07) is 6.27. The fourth-order valence-corrected chi connectivity index (χ4v) is 2.26. The molecule has 1 aromatic heterocycles. The molecule has 2 heterocycles. The molecule has 16 heavy (non-hydrogen) atoms. The van der Waals surface area contributed by atoms with Crippen LogP contribution in [0.5, 0.6) is 0 Å². The molecule has 3 rings (SSSR count). The Bertz CT molecular complexity index is 484. The minimum absolute atomic E-state index is 1.03. The summed E-state index contributed by atoms with van der Waals surface area (Å²) in [4.78, 5) is 10.8. The average Bonchev–Trinajstić information content (AvgIpc) is 2.39. The molecular formula is C13H14N3. The molecule has 0 amide bonds. The monoisotopic (exact) mass is 212 g/mol. The highest BCUT2D eigenvalue weighted by Gasteiger charge is 2.13. The lowest BCUT2D eigenvalue weighted by atomic mass is 10.1. The predicted molar refractivity (Wildman–Crippen MR) is 65.3 cm³/mol. The predicted octanol–water partition coefficient (Wildman–Crippen LogP) is 2.43. The van der Waals surface area contributed by atoms with E-state index in [1.807, 2.05) is 12.3 Å². The highest BCUT2D eigenvalue weighted by atomic mass is 15.1. The standard InChI is InChI=1S/C13H14N3/c1-2-7-16(8-3-1)13-6-4-5-12-11(13)9-14-10-15-12/h1,4-6,9-10H,2-3,7-8H2. The number of rotatable bonds is 1. The number of benzene rings is 1. The fraction of sp³-hybridized carbons (Fsp3) is 0.308. The van der Waals surface area contributed by atoms with Crippen molar-refractivity contribution in [3.63, 3.8) is 0 Å². The van der Waals surface area contributed by atoms with Crippen molar-refractivity contribution < 1.29 is 0 Å². The van der Waals surface area contributed by atoms with Gasteiger partial charge in [-0.15, -0.1) is 0 Å². The van der Waals surface area contributed by atoms with E-state index >= 15 is 0 Å². The SMILES string of the molecule is [CH]1CCN(c2cccc3ncncc23)CC1. The zero-order chi connectivity index (χ0) is 10.8. The molecule has 1 aliphatic rings. The van der Waals surface area contributed by atoms with E-state index in [0.717, 1.165) is 24.0 Å². The maximum Gasteiger partial charge on any atom is 0.116 e. The fourth-order valence-electron chi connectivity index (χ4n) is 2.26. The Kier molecular flexibility index (Phi) is 2.44. The lowest BCUT2D eigenvalue weighted by molar-refractivity contribution is 0.681. The van der Waals surface area contributed by atoms with Gasteiger partial charge in [-0.1, -0.05) is 6.07 Å². The molecular weight excluding hydrogens is 198 g/mol. The topological polar surface area (TPSA) is 29.0 Å². The van der Waals surface area contributed by atoms with Crippen LogP contribution < -0.4 is 4.90 Å². The number of hydrogen-bond donors (Lipinski definition) is 0. The molecule has 0 unspecified atom stereocenters. The van der Waals surface area contributed by atoms with Crippen molar-refractivity contribution in [2.45, 2.75) is 12.8 Å². The lowest BCUT2D eigenvalue weighted by Crippen LogP contribution is -2.29. The molecule has 1 aliphatic heterocycles. The molecule has 2 aromatic rings. The van der Waals surface area contributed by atoms with Crippen LogP contribution in [-0.2, 0) is 0 Å². The first-order valence-corrected chi connectivity index (χ1v) is 5.70. The summed E-state index contributed by atoms with van der Waals surface area (Å²) in [5, 5.41) is 1.16. The minimum atomic E-state index is 1.03. The minimum Gasteiger partial charge on any atom is -0.371 e. The van der Waals surface area contributed by atoms with E-state index in [0.29, 0.717) is 0 Å². The highest BCUT2D eigenvalue weighted by molar-refractivity contribution is 5.91. The molecule has 1 radical (unpaired) electrons. The van der Waals surface area contributed by atoms with Crippen molar-refractivity contribution in [3.8, 4) is 0 Å². The second-order valence-electron chi connectivity index (χ2n) is 4.09. The maximum atomic E-state index is 4.29. The Balaban J connectivity index is 2.08. The third-order valence-electron chi connectivity index (χ3n) is 3.07. The Labute approximate surface area is 95.1 Å². The van der Waals surface area contributed by atoms with E-state index in [1.54, 1.807) is 6.33 Å². The van der Waals surface area contributed by atoms with Crippen LogP contribution in [0.3, 0.4) is 0 Å². The Morgan fingerprint density at radius 1 is 1.12 bits per heavy atom. The van der Waals surface area contributed by atoms with Crippen molar-refractivity contribution in [3.05, 3.63) is 37.1 Å². The summed E-state index contributed by atoms with van der Waals surface area (Å²) >= 11 is 0. The molecule has 0 aliphatic carbocycles. The van der Waals surface area contributed by atoms with Crippen LogP contribution in [0, 0.1) is 6.42 Å². The first-order valence-electron chi connectivity index (χ1n) is 5.70. The summed E-state index contributed by atoms with van der Waals surface area (Å²) < 4.78 is 0. The van der Waals surface area contributed by atoms with Gasteiger partial charge in [0.05, 0.1) is 5.52 Å². The normalized spacial score (nSPS) is 16.6. The van der Waals surface area contributed by atoms with Gasteiger partial charge in [0.2, 0.25) is 0 Å². The van der Waals surface area contributed by atoms with Crippen LogP contribution in [-0.4, -0.2) is 23.1 Å². The smallest absolute Gasteiger partial charge is 0.116 e. The molecule has 1 fully saturated rings. The van der Waals surface area contributed by atoms with E-state index in [4.69, 9.17) is 0 Å². The maximum absolute atomic E-state index is 4.29. The number of anilines is 1. The summed E-state index contributed by atoms with van der Waals surface area (Å²) in [5.74, 6) is 0. The molecule has 0 saturated carbocycles. The van der Waals surface area contributed by atoms with Gasteiger partial charge in [-0.25, -0.2) is 9.97 Å². The van der Waals surface area contributed by atoms with Gasteiger partial charge >= 0.3 is 0 Å². The number of aromatic nitrogens is 2. The zero-order valence-electron chi connectivity index (χ0n) is 9.13. The zero-order valence-corrected chi connectivity index (χ0v) is 9.13. The van der Waals surface area contributed by atoms with Crippen LogP contribution in [0.25, 0.3) is 10.9 Å². The van der Waals surface area contributed by atoms with Crippen LogP contribution >= 0.6 is 0 Å². The summed E-state index contributed by atoms with van der Waals surface area (Å²) in [7, 11) is 0. The third-order valence-corrected chi connectivity index (χ3v) is 3.07. The lowest BCUT2D eigenvalue weighted by Gasteiger charge is -2.29. The molecule has 0 atom stereocenters. The highest BCUT2D eigenvalue weighted by Crippen LogP contribution is 2.26. The third kappa shape index (κ3) is 1.62. The van der Waals surface area contributed by atoms with Crippen molar-refractivity contribution in [1.29, 1.82) is 0 Å². The van der Waals surface area contributed by atoms with E-state index in [9.17, 15) is 0 Å². The van der Waals surface area contributed by atoms with Crippen LogP contribution in [0.4, 0.5) is 5.69 Å². The summed E-state index contributed by atoms with van der Waals surface area (Å²) in [6.45, 7) is 2.21. The molecule has 0 bridgehead atoms. The van der Waals surface area contributed by atoms with Gasteiger partial charge in [-0.2, -0.15) is 0 Å². The van der Waals surface area contributed by atoms with E-state index in [2.05, 4.69) is 33.4 Å². The Morgan fingerprint density at radius 2 is 2.00 bits per heavy atom. The van der Waals surface area contributed by atoms with Crippen LogP contribution in [0.1, 0.15) is 12.8 Å². The first-order chi connectivity index (χ1) is 7.95. The average molecular weight is 212 g/mol. The summed E-state index contributed by atoms with van der Waals surface area (Å²) in [5.41, 5.74) is 2.30. The largest absolute Gasteiger partial charge is 0.371 e. The number of nitrogens with zero attached hydrogens (tertiary/aromatic N) is 3. The van der Waals surface area contributed by atoms with Crippen molar-refractivity contribution in [2.24, 2.45) is 0 Å². The quantitative estimate of drug-likeness (QED) is 0.727. The molecule has 81 valence electrons. The molecule has 3 nitrogen and oxygen atoms in total. The van der Waals surface area contributed by atoms with Gasteiger partial charge in [0, 0.05) is 30.4 Å². The van der Waals surface area contributed by atoms with E-state index in [-0.39, 0.29) is 0 Å². The Hall–Kier alpha value is -1.64. The number of fused-ring (bicyclic) bond motifs is 1. The van der Waals surface area contributed by atoms with Gasteiger partial charge in [0.25, 0.3) is 0 Å². The first kappa shape index (κ1) is 9.58. The number of piperidine rings is 1. The van der Waals surface area contributed by atoms with Crippen molar-refractivity contribution >= 4 is 16.6 Å². The molecule has 1 saturated heterocycles. The summed E-state index contributed by atoms with van der Waals surface area (Å²) in [6.07, 6.45) is 8.22. The molecule has 0 N–H and O–H groups in total. The van der Waals surface area contributed by atoms with Crippen molar-refractivity contribution in [1.82, 2.24) is 9.97 Å². The van der Waals surface area contributed by atoms with Crippen LogP contribution in [0.15, 0.2) is 30.7 Å². The van der Waals surface area contributed by atoms with E-state index < -0.39 is 0 Å².